The summed E-state index contributed by atoms with van der Waals surface area (Å²) in [6, 6.07) is 30.5. The number of thiazole rings is 1. The lowest BCUT2D eigenvalue weighted by molar-refractivity contribution is 0.691. The number of aromatic nitrogens is 3. The molecule has 0 aliphatic rings. The van der Waals surface area contributed by atoms with Gasteiger partial charge in [-0.2, -0.15) is 0 Å². The molecule has 0 aliphatic heterocycles. The van der Waals surface area contributed by atoms with Crippen LogP contribution in [0.1, 0.15) is 10.6 Å². The van der Waals surface area contributed by atoms with Crippen LogP contribution >= 0.6 is 11.3 Å². The van der Waals surface area contributed by atoms with Crippen molar-refractivity contribution in [2.45, 2.75) is 13.1 Å². The number of benzene rings is 3. The predicted octanol–water partition coefficient (Wildman–Crippen LogP) is 6.16. The summed E-state index contributed by atoms with van der Waals surface area (Å²) in [5.41, 5.74) is 6.65. The van der Waals surface area contributed by atoms with Crippen molar-refractivity contribution in [3.8, 4) is 22.4 Å². The average Bonchev–Trinajstić information content (AvgIpc) is 3.32. The smallest absolute Gasteiger partial charge is 0.257 e. The van der Waals surface area contributed by atoms with Gasteiger partial charge in [0.1, 0.15) is 5.01 Å². The average molecular weight is 475 g/mol. The van der Waals surface area contributed by atoms with Crippen LogP contribution < -0.4 is 10.9 Å². The van der Waals surface area contributed by atoms with Crippen LogP contribution in [0, 0.1) is 0 Å². The van der Waals surface area contributed by atoms with Gasteiger partial charge in [0, 0.05) is 30.4 Å². The van der Waals surface area contributed by atoms with Crippen LogP contribution in [0.2, 0.25) is 0 Å². The van der Waals surface area contributed by atoms with Gasteiger partial charge in [0.25, 0.3) is 5.56 Å². The van der Waals surface area contributed by atoms with Gasteiger partial charge in [-0.1, -0.05) is 66.7 Å². The zero-order valence-corrected chi connectivity index (χ0v) is 19.7. The summed E-state index contributed by atoms with van der Waals surface area (Å²) in [5, 5.41) is 5.18. The summed E-state index contributed by atoms with van der Waals surface area (Å²) >= 11 is 1.73. The first-order valence-corrected chi connectivity index (χ1v) is 12.3. The summed E-state index contributed by atoms with van der Waals surface area (Å²) in [7, 11) is 0. The molecule has 6 heteroatoms. The highest BCUT2D eigenvalue weighted by Crippen LogP contribution is 2.32. The number of hydrogen-bond donors (Lipinski definition) is 2. The van der Waals surface area contributed by atoms with Crippen LogP contribution in [0.15, 0.2) is 102 Å². The number of pyridine rings is 2. The highest BCUT2D eigenvalue weighted by Gasteiger charge is 2.13. The Morgan fingerprint density at radius 2 is 1.57 bits per heavy atom. The molecule has 170 valence electrons. The van der Waals surface area contributed by atoms with Crippen molar-refractivity contribution in [3.63, 3.8) is 0 Å². The minimum Gasteiger partial charge on any atom is -0.328 e. The molecule has 0 atom stereocenters. The molecule has 3 heterocycles. The second-order valence-corrected chi connectivity index (χ2v) is 9.48. The number of nitrogens with zero attached hydrogens (tertiary/aromatic N) is 2. The minimum absolute atomic E-state index is 0.131. The van der Waals surface area contributed by atoms with E-state index in [2.05, 4.69) is 46.7 Å². The molecule has 0 radical (unpaired) electrons. The van der Waals surface area contributed by atoms with Crippen LogP contribution in [-0.2, 0) is 13.1 Å². The Kier molecular flexibility index (Phi) is 5.66. The summed E-state index contributed by atoms with van der Waals surface area (Å²) in [6.45, 7) is 1.49. The first-order chi connectivity index (χ1) is 17.2. The van der Waals surface area contributed by atoms with Gasteiger partial charge in [-0.15, -0.1) is 11.3 Å². The summed E-state index contributed by atoms with van der Waals surface area (Å²) in [5.74, 6) is 0. The van der Waals surface area contributed by atoms with E-state index in [1.165, 1.54) is 10.3 Å². The van der Waals surface area contributed by atoms with Gasteiger partial charge in [-0.25, -0.2) is 9.97 Å². The number of rotatable bonds is 6. The molecular formula is C29H22N4OS. The largest absolute Gasteiger partial charge is 0.328 e. The molecule has 0 amide bonds. The standard InChI is InChI=1S/C29H22N4OS/c34-29-23-16-22(20-6-2-1-3-7-20)28(33-24(23)14-15-31-29)21-12-10-19(11-13-21)17-30-18-27-32-25-8-4-5-9-26(25)35-27/h1-16,30H,17-18H2,(H,31,34). The van der Waals surface area contributed by atoms with E-state index in [4.69, 9.17) is 9.97 Å². The van der Waals surface area contributed by atoms with Crippen molar-refractivity contribution in [1.82, 2.24) is 20.3 Å². The van der Waals surface area contributed by atoms with E-state index in [1.54, 1.807) is 17.5 Å². The molecule has 5 nitrogen and oxygen atoms in total. The molecule has 3 aromatic carbocycles. The van der Waals surface area contributed by atoms with Crippen LogP contribution in [0.5, 0.6) is 0 Å². The maximum Gasteiger partial charge on any atom is 0.257 e. The number of nitrogens with one attached hydrogen (secondary N) is 2. The fraction of sp³-hybridized carbons (Fsp3) is 0.0690. The van der Waals surface area contributed by atoms with Crippen LogP contribution in [-0.4, -0.2) is 15.0 Å². The molecule has 3 aromatic heterocycles. The third-order valence-corrected chi connectivity index (χ3v) is 7.04. The summed E-state index contributed by atoms with van der Waals surface area (Å²) in [6.07, 6.45) is 1.64. The Hall–Kier alpha value is -4.13. The third kappa shape index (κ3) is 4.37. The molecule has 6 rings (SSSR count). The first-order valence-electron chi connectivity index (χ1n) is 11.5. The minimum atomic E-state index is -0.131. The summed E-state index contributed by atoms with van der Waals surface area (Å²) in [4.78, 5) is 24.7. The van der Waals surface area contributed by atoms with E-state index >= 15 is 0 Å². The Labute approximate surface area is 206 Å². The van der Waals surface area contributed by atoms with E-state index < -0.39 is 0 Å². The van der Waals surface area contributed by atoms with Gasteiger partial charge >= 0.3 is 0 Å². The van der Waals surface area contributed by atoms with Crippen molar-refractivity contribution in [2.75, 3.05) is 0 Å². The lowest BCUT2D eigenvalue weighted by atomic mass is 9.97. The molecule has 0 unspecified atom stereocenters. The fourth-order valence-electron chi connectivity index (χ4n) is 4.26. The van der Waals surface area contributed by atoms with Gasteiger partial charge < -0.3 is 10.3 Å². The van der Waals surface area contributed by atoms with Gasteiger partial charge in [-0.3, -0.25) is 4.79 Å². The van der Waals surface area contributed by atoms with Gasteiger partial charge in [-0.05, 0) is 35.4 Å². The van der Waals surface area contributed by atoms with Gasteiger partial charge in [0.15, 0.2) is 0 Å². The normalized spacial score (nSPS) is 11.3. The molecule has 2 N–H and O–H groups in total. The van der Waals surface area contributed by atoms with Crippen molar-refractivity contribution < 1.29 is 0 Å². The number of para-hydroxylation sites is 1. The Morgan fingerprint density at radius 3 is 2.40 bits per heavy atom. The van der Waals surface area contributed by atoms with Crippen LogP contribution in [0.25, 0.3) is 43.5 Å². The SMILES string of the molecule is O=c1[nH]ccc2nc(-c3ccc(CNCc4nc5ccccc5s4)cc3)c(-c3ccccc3)cc12. The Balaban J connectivity index is 1.26. The monoisotopic (exact) mass is 474 g/mol. The fourth-order valence-corrected chi connectivity index (χ4v) is 5.20. The second-order valence-electron chi connectivity index (χ2n) is 8.37. The Morgan fingerprint density at radius 1 is 0.771 bits per heavy atom. The molecular weight excluding hydrogens is 452 g/mol. The maximum absolute atomic E-state index is 12.4. The van der Waals surface area contributed by atoms with Crippen LogP contribution in [0.3, 0.4) is 0 Å². The van der Waals surface area contributed by atoms with Gasteiger partial charge in [0.2, 0.25) is 0 Å². The van der Waals surface area contributed by atoms with E-state index in [0.29, 0.717) is 10.9 Å². The quantitative estimate of drug-likeness (QED) is 0.303. The van der Waals surface area contributed by atoms with Crippen molar-refractivity contribution in [1.29, 1.82) is 0 Å². The van der Waals surface area contributed by atoms with Crippen molar-refractivity contribution in [2.24, 2.45) is 0 Å². The van der Waals surface area contributed by atoms with E-state index in [0.717, 1.165) is 46.0 Å². The van der Waals surface area contributed by atoms with Crippen molar-refractivity contribution in [3.05, 3.63) is 118 Å². The first kappa shape index (κ1) is 21.4. The zero-order chi connectivity index (χ0) is 23.6. The molecule has 6 aromatic rings. The van der Waals surface area contributed by atoms with Gasteiger partial charge in [0.05, 0.1) is 26.8 Å². The molecule has 0 saturated heterocycles. The number of hydrogen-bond acceptors (Lipinski definition) is 5. The third-order valence-electron chi connectivity index (χ3n) is 6.01. The summed E-state index contributed by atoms with van der Waals surface area (Å²) < 4.78 is 1.22. The molecule has 0 aliphatic carbocycles. The second kappa shape index (κ2) is 9.25. The molecule has 0 saturated carbocycles. The molecule has 0 spiro atoms. The van der Waals surface area contributed by atoms with E-state index in [9.17, 15) is 4.79 Å². The molecule has 0 fully saturated rings. The Bertz CT molecular complexity index is 1660. The lowest BCUT2D eigenvalue weighted by Gasteiger charge is -2.12. The predicted molar refractivity (Wildman–Crippen MR) is 143 cm³/mol. The van der Waals surface area contributed by atoms with Crippen LogP contribution in [0.4, 0.5) is 0 Å². The van der Waals surface area contributed by atoms with Crippen molar-refractivity contribution >= 4 is 32.5 Å². The number of aromatic amines is 1. The molecule has 0 bridgehead atoms. The van der Waals surface area contributed by atoms with E-state index in [-0.39, 0.29) is 5.56 Å². The number of fused-ring (bicyclic) bond motifs is 2. The highest BCUT2D eigenvalue weighted by atomic mass is 32.1. The molecule has 35 heavy (non-hydrogen) atoms. The topological polar surface area (TPSA) is 70.7 Å². The number of H-pyrrole nitrogens is 1. The zero-order valence-electron chi connectivity index (χ0n) is 18.9. The maximum atomic E-state index is 12.4. The highest BCUT2D eigenvalue weighted by molar-refractivity contribution is 7.18. The van der Waals surface area contributed by atoms with E-state index in [1.807, 2.05) is 54.6 Å². The lowest BCUT2D eigenvalue weighted by Crippen LogP contribution is -2.12.